The molecule has 2 aromatic carbocycles. The predicted molar refractivity (Wildman–Crippen MR) is 109 cm³/mol. The van der Waals surface area contributed by atoms with E-state index in [1.54, 1.807) is 0 Å². The van der Waals surface area contributed by atoms with Crippen LogP contribution in [0.5, 0.6) is 0 Å². The van der Waals surface area contributed by atoms with E-state index in [0.29, 0.717) is 17.4 Å². The molecule has 1 aromatic heterocycles. The van der Waals surface area contributed by atoms with Gasteiger partial charge in [-0.2, -0.15) is 0 Å². The molecule has 0 saturated carbocycles. The number of benzene rings is 2. The minimum atomic E-state index is -0.215. The molecule has 5 heteroatoms. The van der Waals surface area contributed by atoms with Gasteiger partial charge in [0.2, 0.25) is 0 Å². The number of rotatable bonds is 4. The Hall–Kier alpha value is -2.95. The standard InChI is InChI=1S/C22H24N4O/c1-15(2)16-9-11-17(12-10-16)23-22(27)20-21(26-13-5-6-14-26)25-19-8-4-3-7-18(19)24-20/h3-4,7-12,15H,5-6,13-14H2,1-2H3,(H,23,27). The average Bonchev–Trinajstić information content (AvgIpc) is 3.22. The lowest BCUT2D eigenvalue weighted by atomic mass is 10.0. The molecule has 0 spiro atoms. The zero-order valence-corrected chi connectivity index (χ0v) is 15.8. The number of aromatic nitrogens is 2. The van der Waals surface area contributed by atoms with E-state index < -0.39 is 0 Å². The van der Waals surface area contributed by atoms with Crippen LogP contribution in [-0.2, 0) is 0 Å². The van der Waals surface area contributed by atoms with Crippen LogP contribution in [0.1, 0.15) is 48.7 Å². The molecule has 4 rings (SSSR count). The molecule has 1 aliphatic rings. The van der Waals surface area contributed by atoms with Gasteiger partial charge in [0.25, 0.3) is 5.91 Å². The van der Waals surface area contributed by atoms with Crippen molar-refractivity contribution in [2.24, 2.45) is 0 Å². The van der Waals surface area contributed by atoms with E-state index in [0.717, 1.165) is 42.7 Å². The van der Waals surface area contributed by atoms with Crippen LogP contribution in [0.4, 0.5) is 11.5 Å². The predicted octanol–water partition coefficient (Wildman–Crippen LogP) is 4.61. The average molecular weight is 360 g/mol. The number of hydrogen-bond donors (Lipinski definition) is 1. The summed E-state index contributed by atoms with van der Waals surface area (Å²) in [5.74, 6) is 0.929. The van der Waals surface area contributed by atoms with Crippen molar-refractivity contribution < 1.29 is 4.79 Å². The number of anilines is 2. The molecule has 0 bridgehead atoms. The maximum absolute atomic E-state index is 13.0. The van der Waals surface area contributed by atoms with Gasteiger partial charge in [-0.25, -0.2) is 9.97 Å². The first-order valence-corrected chi connectivity index (χ1v) is 9.55. The molecule has 0 unspecified atom stereocenters. The van der Waals surface area contributed by atoms with Crippen LogP contribution in [0.15, 0.2) is 48.5 Å². The van der Waals surface area contributed by atoms with Crippen LogP contribution in [0.25, 0.3) is 11.0 Å². The highest BCUT2D eigenvalue weighted by Crippen LogP contribution is 2.25. The molecule has 0 atom stereocenters. The quantitative estimate of drug-likeness (QED) is 0.738. The molecule has 2 heterocycles. The highest BCUT2D eigenvalue weighted by molar-refractivity contribution is 6.07. The molecule has 3 aromatic rings. The van der Waals surface area contributed by atoms with E-state index in [-0.39, 0.29) is 5.91 Å². The van der Waals surface area contributed by atoms with E-state index in [4.69, 9.17) is 4.98 Å². The maximum atomic E-state index is 13.0. The number of carbonyl (C=O) groups is 1. The van der Waals surface area contributed by atoms with Gasteiger partial charge in [0.1, 0.15) is 0 Å². The van der Waals surface area contributed by atoms with Crippen molar-refractivity contribution in [1.82, 2.24) is 9.97 Å². The van der Waals surface area contributed by atoms with Gasteiger partial charge in [-0.1, -0.05) is 38.1 Å². The molecule has 138 valence electrons. The largest absolute Gasteiger partial charge is 0.355 e. The summed E-state index contributed by atoms with van der Waals surface area (Å²) < 4.78 is 0. The summed E-state index contributed by atoms with van der Waals surface area (Å²) in [7, 11) is 0. The van der Waals surface area contributed by atoms with Gasteiger partial charge in [0, 0.05) is 18.8 Å². The van der Waals surface area contributed by atoms with E-state index in [1.165, 1.54) is 5.56 Å². The van der Waals surface area contributed by atoms with Crippen LogP contribution >= 0.6 is 0 Å². The number of amides is 1. The van der Waals surface area contributed by atoms with Gasteiger partial charge in [-0.3, -0.25) is 4.79 Å². The van der Waals surface area contributed by atoms with Gasteiger partial charge in [0.05, 0.1) is 11.0 Å². The minimum Gasteiger partial charge on any atom is -0.355 e. The molecule has 5 nitrogen and oxygen atoms in total. The highest BCUT2D eigenvalue weighted by atomic mass is 16.1. The van der Waals surface area contributed by atoms with Crippen molar-refractivity contribution in [2.45, 2.75) is 32.6 Å². The van der Waals surface area contributed by atoms with E-state index in [2.05, 4.69) is 29.0 Å². The smallest absolute Gasteiger partial charge is 0.278 e. The third-order valence-electron chi connectivity index (χ3n) is 5.01. The van der Waals surface area contributed by atoms with Gasteiger partial charge < -0.3 is 10.2 Å². The number of hydrogen-bond acceptors (Lipinski definition) is 4. The minimum absolute atomic E-state index is 0.215. The summed E-state index contributed by atoms with van der Waals surface area (Å²) >= 11 is 0. The van der Waals surface area contributed by atoms with Crippen LogP contribution in [0, 0.1) is 0 Å². The summed E-state index contributed by atoms with van der Waals surface area (Å²) in [4.78, 5) is 24.6. The zero-order chi connectivity index (χ0) is 18.8. The molecule has 0 aliphatic carbocycles. The third-order valence-corrected chi connectivity index (χ3v) is 5.01. The Labute approximate surface area is 159 Å². The topological polar surface area (TPSA) is 58.1 Å². The number of nitrogens with one attached hydrogen (secondary N) is 1. The summed E-state index contributed by atoms with van der Waals surface area (Å²) in [6, 6.07) is 15.7. The lowest BCUT2D eigenvalue weighted by molar-refractivity contribution is 0.102. The number of carbonyl (C=O) groups excluding carboxylic acids is 1. The Morgan fingerprint density at radius 2 is 1.59 bits per heavy atom. The van der Waals surface area contributed by atoms with Crippen molar-refractivity contribution in [3.05, 3.63) is 59.8 Å². The lowest BCUT2D eigenvalue weighted by Crippen LogP contribution is -2.25. The first kappa shape index (κ1) is 17.5. The van der Waals surface area contributed by atoms with E-state index >= 15 is 0 Å². The van der Waals surface area contributed by atoms with Crippen LogP contribution in [0.3, 0.4) is 0 Å². The van der Waals surface area contributed by atoms with Gasteiger partial charge in [-0.05, 0) is 48.6 Å². The SMILES string of the molecule is CC(C)c1ccc(NC(=O)c2nc3ccccc3nc2N2CCCC2)cc1. The lowest BCUT2D eigenvalue weighted by Gasteiger charge is -2.19. The number of para-hydroxylation sites is 2. The van der Waals surface area contributed by atoms with Crippen LogP contribution in [-0.4, -0.2) is 29.0 Å². The first-order chi connectivity index (χ1) is 13.1. The fourth-order valence-electron chi connectivity index (χ4n) is 3.43. The van der Waals surface area contributed by atoms with Crippen molar-refractivity contribution >= 4 is 28.4 Å². The second-order valence-electron chi connectivity index (χ2n) is 7.31. The molecule has 1 N–H and O–H groups in total. The number of nitrogens with zero attached hydrogens (tertiary/aromatic N) is 3. The summed E-state index contributed by atoms with van der Waals surface area (Å²) in [5.41, 5.74) is 3.96. The Morgan fingerprint density at radius 1 is 0.963 bits per heavy atom. The van der Waals surface area contributed by atoms with Crippen molar-refractivity contribution in [3.63, 3.8) is 0 Å². The zero-order valence-electron chi connectivity index (χ0n) is 15.8. The summed E-state index contributed by atoms with van der Waals surface area (Å²) in [6.45, 7) is 6.13. The van der Waals surface area contributed by atoms with Gasteiger partial charge in [-0.15, -0.1) is 0 Å². The molecule has 0 radical (unpaired) electrons. The molecule has 1 amide bonds. The molecular weight excluding hydrogens is 336 g/mol. The molecular formula is C22H24N4O. The third kappa shape index (κ3) is 3.63. The van der Waals surface area contributed by atoms with Crippen LogP contribution < -0.4 is 10.2 Å². The second kappa shape index (κ2) is 7.35. The molecule has 1 fully saturated rings. The number of fused-ring (bicyclic) bond motifs is 1. The van der Waals surface area contributed by atoms with Crippen molar-refractivity contribution in [3.8, 4) is 0 Å². The van der Waals surface area contributed by atoms with Crippen molar-refractivity contribution in [1.29, 1.82) is 0 Å². The second-order valence-corrected chi connectivity index (χ2v) is 7.31. The Kier molecular flexibility index (Phi) is 4.75. The normalized spacial score (nSPS) is 14.1. The summed E-state index contributed by atoms with van der Waals surface area (Å²) in [6.07, 6.45) is 2.23. The Balaban J connectivity index is 1.68. The van der Waals surface area contributed by atoms with Crippen molar-refractivity contribution in [2.75, 3.05) is 23.3 Å². The Bertz CT molecular complexity index is 960. The fourth-order valence-corrected chi connectivity index (χ4v) is 3.43. The summed E-state index contributed by atoms with van der Waals surface area (Å²) in [5, 5.41) is 2.98. The highest BCUT2D eigenvalue weighted by Gasteiger charge is 2.23. The fraction of sp³-hybridized carbons (Fsp3) is 0.318. The van der Waals surface area contributed by atoms with Gasteiger partial charge >= 0.3 is 0 Å². The first-order valence-electron chi connectivity index (χ1n) is 9.55. The van der Waals surface area contributed by atoms with E-state index in [9.17, 15) is 4.79 Å². The van der Waals surface area contributed by atoms with E-state index in [1.807, 2.05) is 48.5 Å². The van der Waals surface area contributed by atoms with Crippen LogP contribution in [0.2, 0.25) is 0 Å². The monoisotopic (exact) mass is 360 g/mol. The molecule has 1 aliphatic heterocycles. The Morgan fingerprint density at radius 3 is 2.22 bits per heavy atom. The molecule has 27 heavy (non-hydrogen) atoms. The molecule has 1 saturated heterocycles. The van der Waals surface area contributed by atoms with Gasteiger partial charge in [0.15, 0.2) is 11.5 Å². The maximum Gasteiger partial charge on any atom is 0.278 e.